The molecular formula is C20H21FN2O5. The van der Waals surface area contributed by atoms with Gasteiger partial charge in [0.05, 0.1) is 24.0 Å². The summed E-state index contributed by atoms with van der Waals surface area (Å²) in [5.74, 6) is -1.67. The van der Waals surface area contributed by atoms with Gasteiger partial charge in [0.25, 0.3) is 5.91 Å². The van der Waals surface area contributed by atoms with Crippen LogP contribution in [-0.4, -0.2) is 30.7 Å². The molecule has 2 aromatic rings. The summed E-state index contributed by atoms with van der Waals surface area (Å²) >= 11 is 0. The minimum absolute atomic E-state index is 0.0629. The molecule has 0 unspecified atom stereocenters. The predicted molar refractivity (Wildman–Crippen MR) is 102 cm³/mol. The molecule has 28 heavy (non-hydrogen) atoms. The summed E-state index contributed by atoms with van der Waals surface area (Å²) in [6, 6.07) is 9.28. The average Bonchev–Trinajstić information content (AvgIpc) is 2.62. The van der Waals surface area contributed by atoms with Crippen LogP contribution >= 0.6 is 0 Å². The molecule has 2 amide bonds. The van der Waals surface area contributed by atoms with Crippen LogP contribution in [0.3, 0.4) is 0 Å². The molecule has 0 heterocycles. The first kappa shape index (κ1) is 20.9. The molecular weight excluding hydrogens is 367 g/mol. The van der Waals surface area contributed by atoms with Gasteiger partial charge in [-0.15, -0.1) is 0 Å². The van der Waals surface area contributed by atoms with Crippen LogP contribution in [0.2, 0.25) is 0 Å². The van der Waals surface area contributed by atoms with Gasteiger partial charge in [0, 0.05) is 5.56 Å². The van der Waals surface area contributed by atoms with E-state index < -0.39 is 29.4 Å². The lowest BCUT2D eigenvalue weighted by atomic mass is 10.1. The van der Waals surface area contributed by atoms with E-state index in [1.165, 1.54) is 37.4 Å². The predicted octanol–water partition coefficient (Wildman–Crippen LogP) is 4.21. The molecule has 0 saturated carbocycles. The molecule has 0 aromatic heterocycles. The van der Waals surface area contributed by atoms with Crippen molar-refractivity contribution >= 4 is 29.3 Å². The van der Waals surface area contributed by atoms with Gasteiger partial charge in [0.1, 0.15) is 11.4 Å². The highest BCUT2D eigenvalue weighted by molar-refractivity contribution is 6.07. The number of carbonyl (C=O) groups is 3. The van der Waals surface area contributed by atoms with Crippen LogP contribution in [0.25, 0.3) is 0 Å². The fourth-order valence-corrected chi connectivity index (χ4v) is 2.21. The van der Waals surface area contributed by atoms with E-state index in [4.69, 9.17) is 4.74 Å². The molecule has 148 valence electrons. The van der Waals surface area contributed by atoms with Crippen molar-refractivity contribution in [2.45, 2.75) is 26.4 Å². The number of carbonyl (C=O) groups excluding carboxylic acids is 3. The zero-order valence-corrected chi connectivity index (χ0v) is 16.0. The Morgan fingerprint density at radius 3 is 2.07 bits per heavy atom. The summed E-state index contributed by atoms with van der Waals surface area (Å²) in [7, 11) is 1.26. The Kier molecular flexibility index (Phi) is 6.35. The van der Waals surface area contributed by atoms with E-state index in [2.05, 4.69) is 15.4 Å². The van der Waals surface area contributed by atoms with Gasteiger partial charge < -0.3 is 14.8 Å². The number of amides is 2. The number of ether oxygens (including phenoxy) is 2. The van der Waals surface area contributed by atoms with Gasteiger partial charge in [0.2, 0.25) is 0 Å². The number of hydrogen-bond donors (Lipinski definition) is 2. The van der Waals surface area contributed by atoms with Crippen molar-refractivity contribution in [2.75, 3.05) is 17.7 Å². The number of methoxy groups -OCH3 is 1. The molecule has 2 aromatic carbocycles. The standard InChI is InChI=1S/C20H21FN2O5/c1-20(2,3)28-19(26)23-15-10-9-14(21)11-16(15)22-17(24)12-5-7-13(8-6-12)18(25)27-4/h5-11H,1-4H3,(H,22,24)(H,23,26). The first-order valence-corrected chi connectivity index (χ1v) is 8.38. The number of esters is 1. The molecule has 8 heteroatoms. The van der Waals surface area contributed by atoms with Crippen molar-refractivity contribution in [1.82, 2.24) is 0 Å². The molecule has 0 fully saturated rings. The zero-order valence-electron chi connectivity index (χ0n) is 16.0. The third-order valence-electron chi connectivity index (χ3n) is 3.43. The Morgan fingerprint density at radius 1 is 0.893 bits per heavy atom. The number of benzene rings is 2. The van der Waals surface area contributed by atoms with Crippen molar-refractivity contribution in [1.29, 1.82) is 0 Å². The number of nitrogens with one attached hydrogen (secondary N) is 2. The highest BCUT2D eigenvalue weighted by atomic mass is 19.1. The highest BCUT2D eigenvalue weighted by Crippen LogP contribution is 2.24. The van der Waals surface area contributed by atoms with Gasteiger partial charge >= 0.3 is 12.1 Å². The summed E-state index contributed by atoms with van der Waals surface area (Å²) in [4.78, 5) is 35.9. The second-order valence-electron chi connectivity index (χ2n) is 6.84. The summed E-state index contributed by atoms with van der Waals surface area (Å²) in [6.07, 6.45) is -0.739. The number of hydrogen-bond acceptors (Lipinski definition) is 5. The SMILES string of the molecule is COC(=O)c1ccc(C(=O)Nc2cc(F)ccc2NC(=O)OC(C)(C)C)cc1. The topological polar surface area (TPSA) is 93.7 Å². The minimum Gasteiger partial charge on any atom is -0.465 e. The van der Waals surface area contributed by atoms with Crippen LogP contribution < -0.4 is 10.6 Å². The summed E-state index contributed by atoms with van der Waals surface area (Å²) in [5, 5.41) is 5.01. The second kappa shape index (κ2) is 8.51. The van der Waals surface area contributed by atoms with Crippen molar-refractivity contribution in [2.24, 2.45) is 0 Å². The number of rotatable bonds is 4. The molecule has 0 aliphatic rings. The molecule has 0 radical (unpaired) electrons. The van der Waals surface area contributed by atoms with Gasteiger partial charge in [0.15, 0.2) is 0 Å². The largest absolute Gasteiger partial charge is 0.465 e. The van der Waals surface area contributed by atoms with Gasteiger partial charge in [-0.3, -0.25) is 10.1 Å². The molecule has 7 nitrogen and oxygen atoms in total. The fraction of sp³-hybridized carbons (Fsp3) is 0.250. The molecule has 2 N–H and O–H groups in total. The smallest absolute Gasteiger partial charge is 0.412 e. The highest BCUT2D eigenvalue weighted by Gasteiger charge is 2.18. The first-order chi connectivity index (χ1) is 13.1. The Labute approximate surface area is 161 Å². The molecule has 0 spiro atoms. The Hall–Kier alpha value is -3.42. The van der Waals surface area contributed by atoms with Crippen LogP contribution in [0, 0.1) is 5.82 Å². The van der Waals surface area contributed by atoms with Gasteiger partial charge in [-0.05, 0) is 63.2 Å². The summed E-state index contributed by atoms with van der Waals surface area (Å²) in [5.41, 5.74) is 0.0508. The maximum Gasteiger partial charge on any atom is 0.412 e. The Morgan fingerprint density at radius 2 is 1.50 bits per heavy atom. The fourth-order valence-electron chi connectivity index (χ4n) is 2.21. The lowest BCUT2D eigenvalue weighted by Gasteiger charge is -2.20. The van der Waals surface area contributed by atoms with Crippen LogP contribution in [0.4, 0.5) is 20.6 Å². The molecule has 0 saturated heterocycles. The molecule has 2 rings (SSSR count). The lowest BCUT2D eigenvalue weighted by molar-refractivity contribution is 0.0598. The van der Waals surface area contributed by atoms with E-state index in [0.29, 0.717) is 0 Å². The van der Waals surface area contributed by atoms with Crippen molar-refractivity contribution in [3.63, 3.8) is 0 Å². The maximum atomic E-state index is 13.6. The summed E-state index contributed by atoms with van der Waals surface area (Å²) in [6.45, 7) is 5.12. The second-order valence-corrected chi connectivity index (χ2v) is 6.84. The van der Waals surface area contributed by atoms with E-state index in [1.54, 1.807) is 20.8 Å². The van der Waals surface area contributed by atoms with Crippen LogP contribution in [0.1, 0.15) is 41.5 Å². The van der Waals surface area contributed by atoms with Crippen LogP contribution in [0.5, 0.6) is 0 Å². The zero-order chi connectivity index (χ0) is 20.9. The molecule has 0 bridgehead atoms. The van der Waals surface area contributed by atoms with E-state index in [-0.39, 0.29) is 22.5 Å². The van der Waals surface area contributed by atoms with E-state index in [1.807, 2.05) is 0 Å². The van der Waals surface area contributed by atoms with E-state index >= 15 is 0 Å². The number of halogens is 1. The van der Waals surface area contributed by atoms with Crippen molar-refractivity contribution < 1.29 is 28.2 Å². The van der Waals surface area contributed by atoms with Crippen molar-refractivity contribution in [3.05, 3.63) is 59.4 Å². The average molecular weight is 388 g/mol. The summed E-state index contributed by atoms with van der Waals surface area (Å²) < 4.78 is 23.4. The van der Waals surface area contributed by atoms with Gasteiger partial charge in [-0.1, -0.05) is 0 Å². The van der Waals surface area contributed by atoms with Gasteiger partial charge in [-0.25, -0.2) is 14.0 Å². The van der Waals surface area contributed by atoms with E-state index in [9.17, 15) is 18.8 Å². The Bertz CT molecular complexity index is 888. The maximum absolute atomic E-state index is 13.6. The Balaban J connectivity index is 2.18. The third-order valence-corrected chi connectivity index (χ3v) is 3.43. The first-order valence-electron chi connectivity index (χ1n) is 8.38. The molecule has 0 atom stereocenters. The van der Waals surface area contributed by atoms with Crippen LogP contribution in [-0.2, 0) is 9.47 Å². The van der Waals surface area contributed by atoms with E-state index in [0.717, 1.165) is 12.1 Å². The minimum atomic E-state index is -0.739. The monoisotopic (exact) mass is 388 g/mol. The van der Waals surface area contributed by atoms with Gasteiger partial charge in [-0.2, -0.15) is 0 Å². The number of anilines is 2. The molecule has 0 aliphatic heterocycles. The van der Waals surface area contributed by atoms with Crippen LogP contribution in [0.15, 0.2) is 42.5 Å². The quantitative estimate of drug-likeness (QED) is 0.765. The normalized spacial score (nSPS) is 10.8. The molecule has 0 aliphatic carbocycles. The van der Waals surface area contributed by atoms with Crippen molar-refractivity contribution in [3.8, 4) is 0 Å². The lowest BCUT2D eigenvalue weighted by Crippen LogP contribution is -2.27. The third kappa shape index (κ3) is 5.80.